The number of pyridine rings is 1. The normalized spacial score (nSPS) is 16.4. The molecule has 0 radical (unpaired) electrons. The second-order valence-electron chi connectivity index (χ2n) is 3.62. The first-order valence-electron chi connectivity index (χ1n) is 4.63. The van der Waals surface area contributed by atoms with Crippen molar-refractivity contribution in [3.63, 3.8) is 0 Å². The molecule has 1 aromatic rings. The summed E-state index contributed by atoms with van der Waals surface area (Å²) in [6.07, 6.45) is 3.44. The lowest BCUT2D eigenvalue weighted by Gasteiger charge is -2.10. The molecule has 5 nitrogen and oxygen atoms in total. The van der Waals surface area contributed by atoms with Crippen LogP contribution in [-0.2, 0) is 10.0 Å². The Morgan fingerprint density at radius 1 is 1.53 bits per heavy atom. The Bertz CT molecular complexity index is 480. The van der Waals surface area contributed by atoms with Gasteiger partial charge in [0.2, 0.25) is 5.03 Å². The van der Waals surface area contributed by atoms with Gasteiger partial charge in [0.15, 0.2) is 5.75 Å². The van der Waals surface area contributed by atoms with Gasteiger partial charge in [-0.3, -0.25) is 0 Å². The number of primary sulfonamides is 1. The van der Waals surface area contributed by atoms with Crippen molar-refractivity contribution in [2.75, 3.05) is 0 Å². The molecule has 2 rings (SSSR count). The molecule has 1 fully saturated rings. The highest BCUT2D eigenvalue weighted by Crippen LogP contribution is 2.32. The van der Waals surface area contributed by atoms with E-state index in [1.165, 1.54) is 6.20 Å². The van der Waals surface area contributed by atoms with Gasteiger partial charge in [0.1, 0.15) is 0 Å². The average molecular weight is 228 g/mol. The monoisotopic (exact) mass is 228 g/mol. The van der Waals surface area contributed by atoms with Gasteiger partial charge in [0.25, 0.3) is 10.0 Å². The van der Waals surface area contributed by atoms with Crippen LogP contribution in [0.25, 0.3) is 0 Å². The van der Waals surface area contributed by atoms with Crippen molar-refractivity contribution >= 4 is 10.0 Å². The van der Waals surface area contributed by atoms with Crippen LogP contribution < -0.4 is 9.88 Å². The molecule has 0 unspecified atom stereocenters. The largest absolute Gasteiger partial charge is 0.487 e. The van der Waals surface area contributed by atoms with Crippen LogP contribution in [0.15, 0.2) is 17.3 Å². The molecule has 0 aromatic carbocycles. The van der Waals surface area contributed by atoms with E-state index < -0.39 is 10.0 Å². The van der Waals surface area contributed by atoms with Gasteiger partial charge < -0.3 is 4.74 Å². The molecule has 1 aliphatic carbocycles. The van der Waals surface area contributed by atoms with Crippen LogP contribution in [0.1, 0.15) is 18.4 Å². The maximum absolute atomic E-state index is 11.2. The lowest BCUT2D eigenvalue weighted by molar-refractivity contribution is 0.290. The van der Waals surface area contributed by atoms with Crippen molar-refractivity contribution in [3.05, 3.63) is 17.8 Å². The van der Waals surface area contributed by atoms with E-state index in [0.29, 0.717) is 5.75 Å². The van der Waals surface area contributed by atoms with Gasteiger partial charge in [-0.2, -0.15) is 0 Å². The Morgan fingerprint density at radius 2 is 2.20 bits per heavy atom. The van der Waals surface area contributed by atoms with Crippen LogP contribution in [0.2, 0.25) is 0 Å². The van der Waals surface area contributed by atoms with Crippen LogP contribution in [-0.4, -0.2) is 19.5 Å². The summed E-state index contributed by atoms with van der Waals surface area (Å²) in [6.45, 7) is 1.77. The van der Waals surface area contributed by atoms with Crippen molar-refractivity contribution in [3.8, 4) is 5.75 Å². The highest BCUT2D eigenvalue weighted by molar-refractivity contribution is 7.89. The van der Waals surface area contributed by atoms with Crippen molar-refractivity contribution < 1.29 is 13.2 Å². The molecule has 1 heterocycles. The number of hydrogen-bond donors (Lipinski definition) is 1. The molecular formula is C9H12N2O3S. The maximum Gasteiger partial charge on any atom is 0.259 e. The summed E-state index contributed by atoms with van der Waals surface area (Å²) in [4.78, 5) is 3.75. The van der Waals surface area contributed by atoms with E-state index in [0.717, 1.165) is 18.4 Å². The van der Waals surface area contributed by atoms with Crippen LogP contribution in [0.3, 0.4) is 0 Å². The highest BCUT2D eigenvalue weighted by Gasteiger charge is 2.28. The second kappa shape index (κ2) is 3.46. The lowest BCUT2D eigenvalue weighted by atomic mass is 10.3. The lowest BCUT2D eigenvalue weighted by Crippen LogP contribution is -2.16. The third kappa shape index (κ3) is 2.27. The molecular weight excluding hydrogens is 216 g/mol. The number of ether oxygens (including phenoxy) is 1. The van der Waals surface area contributed by atoms with Gasteiger partial charge in [-0.15, -0.1) is 0 Å². The van der Waals surface area contributed by atoms with Crippen LogP contribution in [0.5, 0.6) is 5.75 Å². The number of nitrogens with zero attached hydrogens (tertiary/aromatic N) is 1. The zero-order valence-corrected chi connectivity index (χ0v) is 9.12. The first kappa shape index (κ1) is 10.4. The third-order valence-corrected chi connectivity index (χ3v) is 2.98. The smallest absolute Gasteiger partial charge is 0.259 e. The van der Waals surface area contributed by atoms with E-state index in [-0.39, 0.29) is 11.1 Å². The molecule has 0 amide bonds. The fraction of sp³-hybridized carbons (Fsp3) is 0.444. The first-order valence-corrected chi connectivity index (χ1v) is 6.18. The summed E-state index contributed by atoms with van der Waals surface area (Å²) in [5.74, 6) is 0.294. The zero-order valence-electron chi connectivity index (χ0n) is 8.30. The predicted octanol–water partition coefficient (Wildman–Crippen LogP) is 0.579. The molecule has 1 aliphatic rings. The van der Waals surface area contributed by atoms with Crippen molar-refractivity contribution in [1.82, 2.24) is 4.98 Å². The van der Waals surface area contributed by atoms with E-state index in [1.807, 2.05) is 0 Å². The Morgan fingerprint density at radius 3 is 2.73 bits per heavy atom. The van der Waals surface area contributed by atoms with Gasteiger partial charge in [0, 0.05) is 6.20 Å². The molecule has 6 heteroatoms. The zero-order chi connectivity index (χ0) is 11.1. The SMILES string of the molecule is Cc1ccnc(S(N)(=O)=O)c1OC1CC1. The number of hydrogen-bond acceptors (Lipinski definition) is 4. The number of rotatable bonds is 3. The van der Waals surface area contributed by atoms with E-state index in [2.05, 4.69) is 4.98 Å². The summed E-state index contributed by atoms with van der Waals surface area (Å²) in [6, 6.07) is 1.70. The molecule has 0 atom stereocenters. The second-order valence-corrected chi connectivity index (χ2v) is 5.10. The average Bonchev–Trinajstić information content (AvgIpc) is 2.90. The minimum Gasteiger partial charge on any atom is -0.487 e. The minimum absolute atomic E-state index is 0.119. The highest BCUT2D eigenvalue weighted by atomic mass is 32.2. The number of aryl methyl sites for hydroxylation is 1. The maximum atomic E-state index is 11.2. The predicted molar refractivity (Wildman–Crippen MR) is 54.0 cm³/mol. The summed E-state index contributed by atoms with van der Waals surface area (Å²) < 4.78 is 28.0. The van der Waals surface area contributed by atoms with Gasteiger partial charge >= 0.3 is 0 Å². The Kier molecular flexibility index (Phi) is 2.40. The Labute approximate surface area is 88.3 Å². The van der Waals surface area contributed by atoms with Crippen molar-refractivity contribution in [1.29, 1.82) is 0 Å². The fourth-order valence-corrected chi connectivity index (χ4v) is 1.89. The Hall–Kier alpha value is -1.14. The molecule has 0 aliphatic heterocycles. The van der Waals surface area contributed by atoms with E-state index in [4.69, 9.17) is 9.88 Å². The summed E-state index contributed by atoms with van der Waals surface area (Å²) >= 11 is 0. The van der Waals surface area contributed by atoms with Crippen molar-refractivity contribution in [2.24, 2.45) is 5.14 Å². The van der Waals surface area contributed by atoms with E-state index in [9.17, 15) is 8.42 Å². The summed E-state index contributed by atoms with van der Waals surface area (Å²) in [7, 11) is -3.81. The molecule has 0 spiro atoms. The molecule has 82 valence electrons. The third-order valence-electron chi connectivity index (χ3n) is 2.15. The quantitative estimate of drug-likeness (QED) is 0.820. The standard InChI is InChI=1S/C9H12N2O3S/c1-6-4-5-11-9(15(10,12)13)8(6)14-7-2-3-7/h4-5,7H,2-3H2,1H3,(H2,10,12,13). The van der Waals surface area contributed by atoms with Gasteiger partial charge in [-0.1, -0.05) is 0 Å². The van der Waals surface area contributed by atoms with Gasteiger partial charge in [-0.05, 0) is 31.4 Å². The van der Waals surface area contributed by atoms with Crippen LogP contribution >= 0.6 is 0 Å². The Balaban J connectivity index is 2.47. The molecule has 15 heavy (non-hydrogen) atoms. The summed E-state index contributed by atoms with van der Waals surface area (Å²) in [5, 5.41) is 4.88. The topological polar surface area (TPSA) is 82.3 Å². The molecule has 1 saturated carbocycles. The number of nitrogens with two attached hydrogens (primary N) is 1. The van der Waals surface area contributed by atoms with Crippen LogP contribution in [0, 0.1) is 6.92 Å². The van der Waals surface area contributed by atoms with Crippen LogP contribution in [0.4, 0.5) is 0 Å². The molecule has 0 bridgehead atoms. The number of aromatic nitrogens is 1. The molecule has 1 aromatic heterocycles. The van der Waals surface area contributed by atoms with Crippen molar-refractivity contribution in [2.45, 2.75) is 30.9 Å². The fourth-order valence-electron chi connectivity index (χ4n) is 1.22. The first-order chi connectivity index (χ1) is 6.98. The van der Waals surface area contributed by atoms with E-state index >= 15 is 0 Å². The summed E-state index contributed by atoms with van der Waals surface area (Å²) in [5.41, 5.74) is 0.737. The molecule has 2 N–H and O–H groups in total. The van der Waals surface area contributed by atoms with Gasteiger partial charge in [-0.25, -0.2) is 18.5 Å². The number of sulfonamides is 1. The minimum atomic E-state index is -3.81. The van der Waals surface area contributed by atoms with Gasteiger partial charge in [0.05, 0.1) is 6.10 Å². The van der Waals surface area contributed by atoms with E-state index in [1.54, 1.807) is 13.0 Å². The molecule has 0 saturated heterocycles.